The summed E-state index contributed by atoms with van der Waals surface area (Å²) in [6.07, 6.45) is 1.64. The van der Waals surface area contributed by atoms with E-state index in [2.05, 4.69) is 10.5 Å². The molecule has 0 saturated heterocycles. The molecule has 98 valence electrons. The fraction of sp³-hybridized carbons (Fsp3) is 0.429. The Morgan fingerprint density at radius 2 is 1.78 bits per heavy atom. The molecule has 1 aromatic carbocycles. The average molecular weight is 247 g/mol. The second-order valence-electron chi connectivity index (χ2n) is 5.44. The number of benzene rings is 1. The predicted molar refractivity (Wildman–Crippen MR) is 76.0 cm³/mol. The van der Waals surface area contributed by atoms with Gasteiger partial charge in [0.25, 0.3) is 0 Å². The molecule has 0 fully saturated rings. The van der Waals surface area contributed by atoms with Gasteiger partial charge >= 0.3 is 0 Å². The summed E-state index contributed by atoms with van der Waals surface area (Å²) in [5.74, 6) is -0.0938. The number of amides is 1. The van der Waals surface area contributed by atoms with E-state index < -0.39 is 5.41 Å². The molecule has 0 aromatic heterocycles. The Morgan fingerprint density at radius 1 is 1.22 bits per heavy atom. The van der Waals surface area contributed by atoms with Crippen LogP contribution >= 0.6 is 0 Å². The van der Waals surface area contributed by atoms with Gasteiger partial charge in [0.1, 0.15) is 0 Å². The first-order valence-electron chi connectivity index (χ1n) is 5.91. The lowest BCUT2D eigenvalue weighted by molar-refractivity contribution is -0.128. The van der Waals surface area contributed by atoms with Gasteiger partial charge in [0.15, 0.2) is 0 Å². The van der Waals surface area contributed by atoms with Crippen LogP contribution in [0.15, 0.2) is 29.4 Å². The molecule has 4 heteroatoms. The molecular formula is C14H21N3O. The van der Waals surface area contributed by atoms with Crippen LogP contribution in [0.5, 0.6) is 0 Å². The van der Waals surface area contributed by atoms with Crippen molar-refractivity contribution in [1.29, 1.82) is 0 Å². The highest BCUT2D eigenvalue weighted by Crippen LogP contribution is 2.12. The lowest BCUT2D eigenvalue weighted by Gasteiger charge is -2.14. The quantitative estimate of drug-likeness (QED) is 0.657. The SMILES string of the molecule is CN(C)c1ccc(/C=N/NC(=O)C(C)(C)C)cc1. The van der Waals surface area contributed by atoms with Crippen LogP contribution in [0.2, 0.25) is 0 Å². The zero-order chi connectivity index (χ0) is 13.8. The fourth-order valence-electron chi connectivity index (χ4n) is 1.19. The lowest BCUT2D eigenvalue weighted by Crippen LogP contribution is -2.31. The van der Waals surface area contributed by atoms with Crippen molar-refractivity contribution in [2.24, 2.45) is 10.5 Å². The Morgan fingerprint density at radius 3 is 2.22 bits per heavy atom. The molecule has 1 rings (SSSR count). The number of hydrogen-bond acceptors (Lipinski definition) is 3. The van der Waals surface area contributed by atoms with Gasteiger partial charge in [-0.05, 0) is 17.7 Å². The van der Waals surface area contributed by atoms with Gasteiger partial charge in [-0.15, -0.1) is 0 Å². The summed E-state index contributed by atoms with van der Waals surface area (Å²) in [5, 5.41) is 3.94. The van der Waals surface area contributed by atoms with E-state index >= 15 is 0 Å². The molecule has 1 N–H and O–H groups in total. The summed E-state index contributed by atoms with van der Waals surface area (Å²) in [4.78, 5) is 13.6. The summed E-state index contributed by atoms with van der Waals surface area (Å²) < 4.78 is 0. The van der Waals surface area contributed by atoms with Crippen molar-refractivity contribution in [3.05, 3.63) is 29.8 Å². The van der Waals surface area contributed by atoms with Crippen molar-refractivity contribution in [2.75, 3.05) is 19.0 Å². The largest absolute Gasteiger partial charge is 0.378 e. The van der Waals surface area contributed by atoms with Crippen LogP contribution in [0.1, 0.15) is 26.3 Å². The molecule has 1 aromatic rings. The highest BCUT2D eigenvalue weighted by molar-refractivity contribution is 5.84. The van der Waals surface area contributed by atoms with Gasteiger partial charge in [0.2, 0.25) is 5.91 Å². The van der Waals surface area contributed by atoms with Crippen molar-refractivity contribution in [1.82, 2.24) is 5.43 Å². The molecule has 0 aliphatic heterocycles. The first-order valence-corrected chi connectivity index (χ1v) is 5.91. The van der Waals surface area contributed by atoms with Crippen LogP contribution in [-0.4, -0.2) is 26.2 Å². The Bertz CT molecular complexity index is 427. The molecule has 0 bridgehead atoms. The number of rotatable bonds is 3. The van der Waals surface area contributed by atoms with Crippen molar-refractivity contribution < 1.29 is 4.79 Å². The van der Waals surface area contributed by atoms with E-state index in [0.717, 1.165) is 11.3 Å². The molecule has 0 spiro atoms. The Labute approximate surface area is 109 Å². The van der Waals surface area contributed by atoms with E-state index in [1.165, 1.54) is 0 Å². The smallest absolute Gasteiger partial charge is 0.245 e. The zero-order valence-electron chi connectivity index (χ0n) is 11.7. The minimum atomic E-state index is -0.424. The number of nitrogens with one attached hydrogen (secondary N) is 1. The number of hydrogen-bond donors (Lipinski definition) is 1. The van der Waals surface area contributed by atoms with Gasteiger partial charge in [-0.3, -0.25) is 4.79 Å². The van der Waals surface area contributed by atoms with Crippen LogP contribution in [0.25, 0.3) is 0 Å². The topological polar surface area (TPSA) is 44.7 Å². The molecule has 1 amide bonds. The first-order chi connectivity index (χ1) is 8.30. The first kappa shape index (κ1) is 14.2. The van der Waals surface area contributed by atoms with Gasteiger partial charge in [0.05, 0.1) is 6.21 Å². The Kier molecular flexibility index (Phi) is 4.48. The summed E-state index contributed by atoms with van der Waals surface area (Å²) in [6, 6.07) is 7.93. The summed E-state index contributed by atoms with van der Waals surface area (Å²) in [5.41, 5.74) is 4.19. The maximum atomic E-state index is 11.6. The van der Waals surface area contributed by atoms with Gasteiger partial charge in [-0.25, -0.2) is 5.43 Å². The molecule has 18 heavy (non-hydrogen) atoms. The predicted octanol–water partition coefficient (Wildman–Crippen LogP) is 2.25. The summed E-state index contributed by atoms with van der Waals surface area (Å²) in [6.45, 7) is 5.55. The van der Waals surface area contributed by atoms with Crippen LogP contribution in [0, 0.1) is 5.41 Å². The Balaban J connectivity index is 2.60. The standard InChI is InChI=1S/C14H21N3O/c1-14(2,3)13(18)16-15-10-11-6-8-12(9-7-11)17(4)5/h6-10H,1-5H3,(H,16,18)/b15-10+. The monoisotopic (exact) mass is 247 g/mol. The number of carbonyl (C=O) groups excluding carboxylic acids is 1. The third kappa shape index (κ3) is 4.20. The molecule has 0 unspecified atom stereocenters. The van der Waals surface area contributed by atoms with Crippen LogP contribution in [0.4, 0.5) is 5.69 Å². The van der Waals surface area contributed by atoms with E-state index in [1.807, 2.05) is 64.0 Å². The second-order valence-corrected chi connectivity index (χ2v) is 5.44. The molecule has 0 aliphatic carbocycles. The van der Waals surface area contributed by atoms with Gasteiger partial charge in [-0.2, -0.15) is 5.10 Å². The lowest BCUT2D eigenvalue weighted by atomic mass is 9.96. The maximum absolute atomic E-state index is 11.6. The number of carbonyl (C=O) groups is 1. The minimum absolute atomic E-state index is 0.0938. The summed E-state index contributed by atoms with van der Waals surface area (Å²) >= 11 is 0. The van der Waals surface area contributed by atoms with Crippen molar-refractivity contribution >= 4 is 17.8 Å². The highest BCUT2D eigenvalue weighted by atomic mass is 16.2. The second kappa shape index (κ2) is 5.67. The normalized spacial score (nSPS) is 11.6. The average Bonchev–Trinajstić information content (AvgIpc) is 2.28. The van der Waals surface area contributed by atoms with Crippen LogP contribution in [0.3, 0.4) is 0 Å². The zero-order valence-corrected chi connectivity index (χ0v) is 11.7. The highest BCUT2D eigenvalue weighted by Gasteiger charge is 2.20. The van der Waals surface area contributed by atoms with Gasteiger partial charge in [-0.1, -0.05) is 32.9 Å². The number of nitrogens with zero attached hydrogens (tertiary/aromatic N) is 2. The van der Waals surface area contributed by atoms with E-state index in [4.69, 9.17) is 0 Å². The van der Waals surface area contributed by atoms with E-state index in [-0.39, 0.29) is 5.91 Å². The van der Waals surface area contributed by atoms with Crippen molar-refractivity contribution in [3.63, 3.8) is 0 Å². The molecule has 0 heterocycles. The molecule has 0 saturated carbocycles. The molecule has 0 aliphatic rings. The van der Waals surface area contributed by atoms with Gasteiger partial charge < -0.3 is 4.90 Å². The van der Waals surface area contributed by atoms with Crippen molar-refractivity contribution in [3.8, 4) is 0 Å². The molecule has 4 nitrogen and oxygen atoms in total. The van der Waals surface area contributed by atoms with Gasteiger partial charge in [0, 0.05) is 25.2 Å². The van der Waals surface area contributed by atoms with E-state index in [0.29, 0.717) is 0 Å². The summed E-state index contributed by atoms with van der Waals surface area (Å²) in [7, 11) is 3.99. The van der Waals surface area contributed by atoms with E-state index in [1.54, 1.807) is 6.21 Å². The number of hydrazone groups is 1. The maximum Gasteiger partial charge on any atom is 0.245 e. The molecular weight excluding hydrogens is 226 g/mol. The molecule has 0 atom stereocenters. The van der Waals surface area contributed by atoms with Crippen molar-refractivity contribution in [2.45, 2.75) is 20.8 Å². The Hall–Kier alpha value is -1.84. The van der Waals surface area contributed by atoms with E-state index in [9.17, 15) is 4.79 Å². The fourth-order valence-corrected chi connectivity index (χ4v) is 1.19. The third-order valence-electron chi connectivity index (χ3n) is 2.47. The molecule has 0 radical (unpaired) electrons. The van der Waals surface area contributed by atoms with Crippen LogP contribution < -0.4 is 10.3 Å². The number of anilines is 1. The third-order valence-corrected chi connectivity index (χ3v) is 2.47. The van der Waals surface area contributed by atoms with Crippen LogP contribution in [-0.2, 0) is 4.79 Å². The minimum Gasteiger partial charge on any atom is -0.378 e.